The Morgan fingerprint density at radius 2 is 2.00 bits per heavy atom. The number of nitro benzene ring substituents is 1. The molecule has 0 spiro atoms. The summed E-state index contributed by atoms with van der Waals surface area (Å²) >= 11 is 1.31. The van der Waals surface area contributed by atoms with Crippen LogP contribution in [0.3, 0.4) is 0 Å². The lowest BCUT2D eigenvalue weighted by molar-refractivity contribution is -0.384. The summed E-state index contributed by atoms with van der Waals surface area (Å²) in [6.45, 7) is 0. The van der Waals surface area contributed by atoms with E-state index in [9.17, 15) is 14.9 Å². The van der Waals surface area contributed by atoms with Gasteiger partial charge in [0.25, 0.3) is 5.69 Å². The van der Waals surface area contributed by atoms with Crippen LogP contribution < -0.4 is 10.1 Å². The highest BCUT2D eigenvalue weighted by molar-refractivity contribution is 8.00. The topological polar surface area (TPSA) is 81.5 Å². The van der Waals surface area contributed by atoms with Crippen molar-refractivity contribution in [2.24, 2.45) is 0 Å². The van der Waals surface area contributed by atoms with Crippen molar-refractivity contribution in [1.29, 1.82) is 0 Å². The maximum atomic E-state index is 11.9. The van der Waals surface area contributed by atoms with Crippen molar-refractivity contribution in [3.05, 3.63) is 58.6 Å². The number of nitro groups is 1. The third-order valence-corrected chi connectivity index (χ3v) is 3.78. The van der Waals surface area contributed by atoms with Crippen LogP contribution in [0.2, 0.25) is 0 Å². The molecule has 0 aliphatic carbocycles. The molecular weight excluding hydrogens is 304 g/mol. The van der Waals surface area contributed by atoms with E-state index in [1.807, 2.05) is 0 Å². The molecule has 0 fully saturated rings. The second-order valence-corrected chi connectivity index (χ2v) is 5.37. The molecule has 2 rings (SSSR count). The highest BCUT2D eigenvalue weighted by Crippen LogP contribution is 2.22. The van der Waals surface area contributed by atoms with Crippen molar-refractivity contribution in [2.75, 3.05) is 18.2 Å². The number of benzene rings is 2. The summed E-state index contributed by atoms with van der Waals surface area (Å²) in [5, 5.41) is 13.3. The molecule has 0 bridgehead atoms. The van der Waals surface area contributed by atoms with Gasteiger partial charge in [0, 0.05) is 28.8 Å². The number of carbonyl (C=O) groups is 1. The zero-order chi connectivity index (χ0) is 15.9. The minimum atomic E-state index is -0.454. The van der Waals surface area contributed by atoms with Crippen LogP contribution in [0.1, 0.15) is 0 Å². The maximum absolute atomic E-state index is 11.9. The van der Waals surface area contributed by atoms with E-state index >= 15 is 0 Å². The van der Waals surface area contributed by atoms with Crippen molar-refractivity contribution >= 4 is 29.0 Å². The number of methoxy groups -OCH3 is 1. The van der Waals surface area contributed by atoms with Crippen LogP contribution in [0.4, 0.5) is 11.4 Å². The van der Waals surface area contributed by atoms with Crippen molar-refractivity contribution < 1.29 is 14.5 Å². The first-order valence-corrected chi connectivity index (χ1v) is 7.38. The van der Waals surface area contributed by atoms with Gasteiger partial charge in [-0.15, -0.1) is 11.8 Å². The number of anilines is 1. The zero-order valence-corrected chi connectivity index (χ0v) is 12.6. The van der Waals surface area contributed by atoms with Crippen LogP contribution in [0, 0.1) is 10.1 Å². The van der Waals surface area contributed by atoms with Crippen molar-refractivity contribution in [2.45, 2.75) is 4.90 Å². The van der Waals surface area contributed by atoms with Gasteiger partial charge in [0.05, 0.1) is 17.8 Å². The Labute approximate surface area is 131 Å². The number of hydrogen-bond donors (Lipinski definition) is 1. The van der Waals surface area contributed by atoms with Gasteiger partial charge in [0.2, 0.25) is 5.91 Å². The predicted octanol–water partition coefficient (Wildman–Crippen LogP) is 3.33. The monoisotopic (exact) mass is 318 g/mol. The fourth-order valence-corrected chi connectivity index (χ4v) is 2.41. The minimum absolute atomic E-state index is 0.0326. The summed E-state index contributed by atoms with van der Waals surface area (Å²) in [7, 11) is 1.56. The van der Waals surface area contributed by atoms with E-state index in [2.05, 4.69) is 5.32 Å². The molecule has 0 saturated heterocycles. The summed E-state index contributed by atoms with van der Waals surface area (Å²) in [4.78, 5) is 22.8. The lowest BCUT2D eigenvalue weighted by Gasteiger charge is -2.07. The average Bonchev–Trinajstić information content (AvgIpc) is 2.53. The Bertz CT molecular complexity index is 673. The number of rotatable bonds is 6. The molecule has 22 heavy (non-hydrogen) atoms. The summed E-state index contributed by atoms with van der Waals surface area (Å²) in [5.74, 6) is 0.729. The molecule has 7 heteroatoms. The van der Waals surface area contributed by atoms with Crippen LogP contribution in [-0.4, -0.2) is 23.7 Å². The summed E-state index contributed by atoms with van der Waals surface area (Å²) < 4.78 is 5.08. The first-order chi connectivity index (χ1) is 10.6. The predicted molar refractivity (Wildman–Crippen MR) is 85.4 cm³/mol. The number of carbonyl (C=O) groups excluding carboxylic acids is 1. The molecule has 6 nitrogen and oxygen atoms in total. The van der Waals surface area contributed by atoms with E-state index in [0.29, 0.717) is 11.4 Å². The van der Waals surface area contributed by atoms with E-state index in [0.717, 1.165) is 4.90 Å². The Hall–Kier alpha value is -2.54. The van der Waals surface area contributed by atoms with Gasteiger partial charge in [-0.1, -0.05) is 6.07 Å². The van der Waals surface area contributed by atoms with E-state index in [1.54, 1.807) is 43.5 Å². The normalized spacial score (nSPS) is 10.0. The average molecular weight is 318 g/mol. The number of nitrogens with zero attached hydrogens (tertiary/aromatic N) is 1. The molecule has 1 N–H and O–H groups in total. The molecule has 114 valence electrons. The van der Waals surface area contributed by atoms with Crippen LogP contribution in [0.15, 0.2) is 53.4 Å². The number of thioether (sulfide) groups is 1. The fraction of sp³-hybridized carbons (Fsp3) is 0.133. The molecule has 0 aliphatic heterocycles. The van der Waals surface area contributed by atoms with Crippen LogP contribution in [-0.2, 0) is 4.79 Å². The summed E-state index contributed by atoms with van der Waals surface area (Å²) in [6.07, 6.45) is 0. The lowest BCUT2D eigenvalue weighted by Crippen LogP contribution is -2.13. The third-order valence-electron chi connectivity index (χ3n) is 2.77. The highest BCUT2D eigenvalue weighted by atomic mass is 32.2. The molecule has 2 aromatic carbocycles. The van der Waals surface area contributed by atoms with Gasteiger partial charge in [-0.25, -0.2) is 0 Å². The van der Waals surface area contributed by atoms with Gasteiger partial charge in [0.1, 0.15) is 5.75 Å². The number of hydrogen-bond acceptors (Lipinski definition) is 5. The van der Waals surface area contributed by atoms with E-state index in [-0.39, 0.29) is 17.3 Å². The third kappa shape index (κ3) is 4.49. The van der Waals surface area contributed by atoms with Gasteiger partial charge in [-0.2, -0.15) is 0 Å². The molecule has 0 unspecified atom stereocenters. The molecule has 0 aliphatic rings. The maximum Gasteiger partial charge on any atom is 0.269 e. The zero-order valence-electron chi connectivity index (χ0n) is 11.8. The molecule has 0 aromatic heterocycles. The molecule has 1 amide bonds. The van der Waals surface area contributed by atoms with E-state index < -0.39 is 4.92 Å². The van der Waals surface area contributed by atoms with Crippen molar-refractivity contribution in [3.8, 4) is 5.75 Å². The lowest BCUT2D eigenvalue weighted by atomic mass is 10.3. The highest BCUT2D eigenvalue weighted by Gasteiger charge is 2.07. The van der Waals surface area contributed by atoms with E-state index in [4.69, 9.17) is 4.74 Å². The fourth-order valence-electron chi connectivity index (χ4n) is 1.71. The Balaban J connectivity index is 1.88. The quantitative estimate of drug-likeness (QED) is 0.502. The molecule has 2 aromatic rings. The van der Waals surface area contributed by atoms with Gasteiger partial charge >= 0.3 is 0 Å². The number of amides is 1. The Kier molecular flexibility index (Phi) is 5.37. The van der Waals surface area contributed by atoms with Crippen molar-refractivity contribution in [1.82, 2.24) is 0 Å². The van der Waals surface area contributed by atoms with Crippen LogP contribution in [0.25, 0.3) is 0 Å². The van der Waals surface area contributed by atoms with Crippen molar-refractivity contribution in [3.63, 3.8) is 0 Å². The molecule has 0 atom stereocenters. The van der Waals surface area contributed by atoms with Gasteiger partial charge < -0.3 is 10.1 Å². The Morgan fingerprint density at radius 1 is 1.27 bits per heavy atom. The second-order valence-electron chi connectivity index (χ2n) is 4.32. The van der Waals surface area contributed by atoms with Gasteiger partial charge in [-0.05, 0) is 24.3 Å². The number of ether oxygens (including phenoxy) is 1. The first kappa shape index (κ1) is 15.8. The van der Waals surface area contributed by atoms with Crippen LogP contribution in [0.5, 0.6) is 5.75 Å². The first-order valence-electron chi connectivity index (χ1n) is 6.39. The smallest absolute Gasteiger partial charge is 0.269 e. The van der Waals surface area contributed by atoms with E-state index in [1.165, 1.54) is 23.9 Å². The molecule has 0 radical (unpaired) electrons. The summed E-state index contributed by atoms with van der Waals surface area (Å²) in [5.41, 5.74) is 0.693. The molecular formula is C15H14N2O4S. The van der Waals surface area contributed by atoms with Gasteiger partial charge in [-0.3, -0.25) is 14.9 Å². The number of nitrogens with one attached hydrogen (secondary N) is 1. The molecule has 0 saturated carbocycles. The minimum Gasteiger partial charge on any atom is -0.497 e. The standard InChI is InChI=1S/C15H14N2O4S/c1-21-13-4-2-3-11(9-13)16-15(18)10-22-14-7-5-12(6-8-14)17(19)20/h2-9H,10H2,1H3,(H,16,18). The second kappa shape index (κ2) is 7.46. The summed E-state index contributed by atoms with van der Waals surface area (Å²) in [6, 6.07) is 13.2. The number of non-ortho nitro benzene ring substituents is 1. The Morgan fingerprint density at radius 3 is 2.64 bits per heavy atom. The van der Waals surface area contributed by atoms with Gasteiger partial charge in [0.15, 0.2) is 0 Å². The SMILES string of the molecule is COc1cccc(NC(=O)CSc2ccc([N+](=O)[O-])cc2)c1. The largest absolute Gasteiger partial charge is 0.497 e. The van der Waals surface area contributed by atoms with Crippen LogP contribution >= 0.6 is 11.8 Å². The molecule has 0 heterocycles.